The summed E-state index contributed by atoms with van der Waals surface area (Å²) in [4.78, 5) is 46.1. The van der Waals surface area contributed by atoms with Crippen molar-refractivity contribution in [3.63, 3.8) is 0 Å². The summed E-state index contributed by atoms with van der Waals surface area (Å²) in [5, 5.41) is 9.83. The maximum Gasteiger partial charge on any atom is 0.264 e. The number of carbonyl (C=O) groups is 3. The molecule has 0 aromatic heterocycles. The maximum atomic E-state index is 16.3. The van der Waals surface area contributed by atoms with Gasteiger partial charge in [0.05, 0.1) is 44.5 Å². The topological polar surface area (TPSA) is 99.6 Å². The van der Waals surface area contributed by atoms with Crippen molar-refractivity contribution in [3.05, 3.63) is 53.6 Å². The van der Waals surface area contributed by atoms with E-state index in [4.69, 9.17) is 9.47 Å². The molecular formula is C34H44FN3O6Si. The molecule has 3 amide bonds. The Hall–Kier alpha value is -3.28. The molecule has 4 aliphatic heterocycles. The first-order valence-corrected chi connectivity index (χ1v) is 19.1. The Morgan fingerprint density at radius 2 is 1.93 bits per heavy atom. The second-order valence-electron chi connectivity index (χ2n) is 13.5. The van der Waals surface area contributed by atoms with Crippen molar-refractivity contribution in [2.45, 2.75) is 88.4 Å². The smallest absolute Gasteiger partial charge is 0.264 e. The van der Waals surface area contributed by atoms with Gasteiger partial charge in [0.25, 0.3) is 5.91 Å². The van der Waals surface area contributed by atoms with Crippen molar-refractivity contribution in [1.29, 1.82) is 0 Å². The number of benzene rings is 2. The number of aliphatic hydroxyl groups is 1. The molecule has 4 heterocycles. The number of methoxy groups -OCH3 is 1. The van der Waals surface area contributed by atoms with Crippen molar-refractivity contribution >= 4 is 37.5 Å². The lowest BCUT2D eigenvalue weighted by atomic mass is 9.82. The lowest BCUT2D eigenvalue weighted by Crippen LogP contribution is -2.45. The number of piperidine rings is 1. The van der Waals surface area contributed by atoms with Gasteiger partial charge < -0.3 is 33.4 Å². The number of aliphatic hydroxyl groups excluding tert-OH is 1. The van der Waals surface area contributed by atoms with E-state index in [0.717, 1.165) is 36.9 Å². The number of anilines is 2. The first-order chi connectivity index (χ1) is 21.5. The minimum absolute atomic E-state index is 0.0495. The molecular weight excluding hydrogens is 593 g/mol. The van der Waals surface area contributed by atoms with E-state index in [1.54, 1.807) is 36.1 Å². The lowest BCUT2D eigenvalue weighted by molar-refractivity contribution is -0.150. The number of rotatable bonds is 8. The zero-order valence-corrected chi connectivity index (χ0v) is 27.6. The van der Waals surface area contributed by atoms with Crippen LogP contribution in [0.4, 0.5) is 15.5 Å². The molecule has 0 bridgehead atoms. The van der Waals surface area contributed by atoms with Gasteiger partial charge in [-0.25, -0.2) is 0 Å². The van der Waals surface area contributed by atoms with Crippen LogP contribution in [0.15, 0.2) is 42.5 Å². The maximum absolute atomic E-state index is 16.3. The quantitative estimate of drug-likeness (QED) is 0.327. The SMILES string of the molecule is COc1ccc2c(c1)[C@]1(O[C@@H](CC(=O)N3CCC[C@H]3CO)[C@H]([Si](C)(C)F)[C@H]1C)C(=O)N2Cc1cccc(N2CCCCC2=O)c1. The highest BCUT2D eigenvalue weighted by Gasteiger charge is 2.67. The molecule has 3 fully saturated rings. The molecule has 3 saturated heterocycles. The fourth-order valence-electron chi connectivity index (χ4n) is 8.24. The molecule has 4 aliphatic rings. The monoisotopic (exact) mass is 637 g/mol. The highest BCUT2D eigenvalue weighted by atomic mass is 28.4. The summed E-state index contributed by atoms with van der Waals surface area (Å²) in [7, 11) is -1.90. The molecule has 242 valence electrons. The van der Waals surface area contributed by atoms with E-state index in [1.165, 1.54) is 0 Å². The summed E-state index contributed by atoms with van der Waals surface area (Å²) in [5.41, 5.74) is 0.845. The van der Waals surface area contributed by atoms with Gasteiger partial charge in [0.1, 0.15) is 5.75 Å². The number of amides is 3. The second-order valence-corrected chi connectivity index (χ2v) is 17.3. The number of carbonyl (C=O) groups excluding carboxylic acids is 3. The van der Waals surface area contributed by atoms with Gasteiger partial charge >= 0.3 is 0 Å². The predicted octanol–water partition coefficient (Wildman–Crippen LogP) is 4.91. The van der Waals surface area contributed by atoms with E-state index in [-0.39, 0.29) is 43.3 Å². The van der Waals surface area contributed by atoms with Crippen LogP contribution >= 0.6 is 0 Å². The van der Waals surface area contributed by atoms with E-state index in [2.05, 4.69) is 0 Å². The van der Waals surface area contributed by atoms with Gasteiger partial charge in [-0.3, -0.25) is 14.4 Å². The minimum atomic E-state index is -3.46. The van der Waals surface area contributed by atoms with Crippen LogP contribution < -0.4 is 14.5 Å². The second kappa shape index (κ2) is 12.1. The van der Waals surface area contributed by atoms with Crippen LogP contribution in [0.25, 0.3) is 0 Å². The number of nitrogens with zero attached hydrogens (tertiary/aromatic N) is 3. The molecule has 2 aromatic carbocycles. The molecule has 5 atom stereocenters. The van der Waals surface area contributed by atoms with Crippen molar-refractivity contribution in [2.24, 2.45) is 5.92 Å². The minimum Gasteiger partial charge on any atom is -0.497 e. The number of likely N-dealkylation sites (tertiary alicyclic amines) is 1. The highest BCUT2D eigenvalue weighted by Crippen LogP contribution is 2.60. The number of hydrogen-bond acceptors (Lipinski definition) is 6. The van der Waals surface area contributed by atoms with E-state index in [0.29, 0.717) is 36.5 Å². The van der Waals surface area contributed by atoms with Crippen LogP contribution in [-0.2, 0) is 31.3 Å². The highest BCUT2D eigenvalue weighted by molar-refractivity contribution is 6.72. The predicted molar refractivity (Wildman–Crippen MR) is 171 cm³/mol. The summed E-state index contributed by atoms with van der Waals surface area (Å²) >= 11 is 0. The molecule has 0 saturated carbocycles. The molecule has 6 rings (SSSR count). The molecule has 11 heteroatoms. The molecule has 2 aromatic rings. The Kier molecular flexibility index (Phi) is 8.55. The lowest BCUT2D eigenvalue weighted by Gasteiger charge is -2.31. The largest absolute Gasteiger partial charge is 0.497 e. The standard InChI is InChI=1S/C34H44FN3O6Si/c1-22-32(45(3,4)35)29(19-31(41)37-16-8-11-25(37)21-39)44-34(22)27-18-26(43-2)13-14-28(27)38(33(34)42)20-23-9-7-10-24(17-23)36-15-6-5-12-30(36)40/h7,9-10,13-14,17-18,22,25,29,32,39H,5-6,8,11-12,15-16,19-21H2,1-4H3/t22-,25+,29+,32-,34+/m1/s1. The fourth-order valence-corrected chi connectivity index (χ4v) is 10.7. The fraction of sp³-hybridized carbons (Fsp3) is 0.559. The van der Waals surface area contributed by atoms with Gasteiger partial charge in [-0.15, -0.1) is 0 Å². The van der Waals surface area contributed by atoms with Gasteiger partial charge in [-0.2, -0.15) is 0 Å². The Balaban J connectivity index is 1.36. The molecule has 0 radical (unpaired) electrons. The normalized spacial score (nSPS) is 28.4. The third-order valence-corrected chi connectivity index (χ3v) is 12.8. The molecule has 1 spiro atoms. The summed E-state index contributed by atoms with van der Waals surface area (Å²) < 4.78 is 28.6. The van der Waals surface area contributed by atoms with Crippen molar-refractivity contribution in [2.75, 3.05) is 36.6 Å². The van der Waals surface area contributed by atoms with Gasteiger partial charge in [0.2, 0.25) is 20.2 Å². The van der Waals surface area contributed by atoms with Gasteiger partial charge in [-0.05, 0) is 74.7 Å². The van der Waals surface area contributed by atoms with Crippen molar-refractivity contribution in [3.8, 4) is 5.75 Å². The number of ether oxygens (including phenoxy) is 2. The number of fused-ring (bicyclic) bond motifs is 2. The van der Waals surface area contributed by atoms with Gasteiger partial charge in [0.15, 0.2) is 5.60 Å². The third-order valence-electron chi connectivity index (χ3n) is 10.3. The van der Waals surface area contributed by atoms with Crippen molar-refractivity contribution < 1.29 is 33.1 Å². The van der Waals surface area contributed by atoms with Gasteiger partial charge in [-0.1, -0.05) is 19.1 Å². The van der Waals surface area contributed by atoms with Crippen LogP contribution in [0.5, 0.6) is 5.75 Å². The molecule has 9 nitrogen and oxygen atoms in total. The Bertz CT molecular complexity index is 1480. The van der Waals surface area contributed by atoms with Crippen LogP contribution in [0.1, 0.15) is 56.6 Å². The first kappa shape index (κ1) is 31.7. The Morgan fingerprint density at radius 1 is 1.13 bits per heavy atom. The average molecular weight is 638 g/mol. The third kappa shape index (κ3) is 5.46. The van der Waals surface area contributed by atoms with Crippen LogP contribution in [0.2, 0.25) is 18.6 Å². The van der Waals surface area contributed by atoms with Crippen molar-refractivity contribution in [1.82, 2.24) is 4.90 Å². The zero-order valence-electron chi connectivity index (χ0n) is 26.6. The van der Waals surface area contributed by atoms with E-state index in [9.17, 15) is 19.5 Å². The molecule has 45 heavy (non-hydrogen) atoms. The summed E-state index contributed by atoms with van der Waals surface area (Å²) in [5.74, 6) is -0.356. The first-order valence-electron chi connectivity index (χ1n) is 16.2. The molecule has 1 N–H and O–H groups in total. The van der Waals surface area contributed by atoms with E-state index in [1.807, 2.05) is 48.2 Å². The Morgan fingerprint density at radius 3 is 2.64 bits per heavy atom. The Labute approximate surface area is 265 Å². The zero-order chi connectivity index (χ0) is 32.1. The van der Waals surface area contributed by atoms with Crippen LogP contribution in [-0.4, -0.2) is 75.1 Å². The summed E-state index contributed by atoms with van der Waals surface area (Å²) in [6, 6.07) is 12.9. The molecule has 0 aliphatic carbocycles. The number of halogens is 1. The average Bonchev–Trinajstić information content (AvgIpc) is 3.68. The number of hydrogen-bond donors (Lipinski definition) is 1. The summed E-state index contributed by atoms with van der Waals surface area (Å²) in [6.45, 7) is 6.47. The van der Waals surface area contributed by atoms with Crippen LogP contribution in [0, 0.1) is 5.92 Å². The molecule has 0 unspecified atom stereocenters. The van der Waals surface area contributed by atoms with E-state index >= 15 is 4.11 Å². The van der Waals surface area contributed by atoms with Gasteiger partial charge in [0, 0.05) is 42.2 Å². The summed E-state index contributed by atoms with van der Waals surface area (Å²) in [6.07, 6.45) is 3.06. The van der Waals surface area contributed by atoms with Crippen LogP contribution in [0.3, 0.4) is 0 Å². The van der Waals surface area contributed by atoms with E-state index < -0.39 is 31.6 Å².